The molecule has 1 N–H and O–H groups in total. The lowest BCUT2D eigenvalue weighted by molar-refractivity contribution is 0.295. The zero-order valence-corrected chi connectivity index (χ0v) is 16.2. The number of aryl methyl sites for hydroxylation is 1. The minimum atomic E-state index is 0.130. The van der Waals surface area contributed by atoms with Gasteiger partial charge in [0.1, 0.15) is 0 Å². The minimum Gasteiger partial charge on any atom is -0.381 e. The smallest absolute Gasteiger partial charge is 0.197 e. The zero-order chi connectivity index (χ0) is 18.0. The molecule has 0 radical (unpaired) electrons. The molecule has 4 heteroatoms. The van der Waals surface area contributed by atoms with Crippen molar-refractivity contribution in [3.8, 4) is 0 Å². The van der Waals surface area contributed by atoms with Crippen LogP contribution in [-0.2, 0) is 0 Å². The topological polar surface area (TPSA) is 32.3 Å². The highest BCUT2D eigenvalue weighted by atomic mass is 32.1. The van der Waals surface area contributed by atoms with E-state index in [0.717, 1.165) is 51.1 Å². The van der Waals surface area contributed by atoms with Crippen molar-refractivity contribution in [1.29, 1.82) is 0 Å². The second-order valence-electron chi connectivity index (χ2n) is 6.59. The molecule has 0 saturated heterocycles. The Hall–Kier alpha value is -1.91. The second-order valence-corrected chi connectivity index (χ2v) is 7.64. The van der Waals surface area contributed by atoms with Crippen LogP contribution in [0.15, 0.2) is 41.2 Å². The van der Waals surface area contributed by atoms with Crippen LogP contribution >= 0.6 is 11.3 Å². The summed E-state index contributed by atoms with van der Waals surface area (Å²) in [7, 11) is 0. The average molecular weight is 355 g/mol. The summed E-state index contributed by atoms with van der Waals surface area (Å²) in [6.45, 7) is 11.7. The van der Waals surface area contributed by atoms with E-state index < -0.39 is 0 Å². The SMILES string of the molecule is CCN(CC)C[C@H](C)Nc1ccc(C)c2sc3ccccc3c(=O)c12. The lowest BCUT2D eigenvalue weighted by Gasteiger charge is -2.24. The summed E-state index contributed by atoms with van der Waals surface area (Å²) >= 11 is 1.71. The maximum absolute atomic E-state index is 13.1. The molecule has 0 aliphatic carbocycles. The lowest BCUT2D eigenvalue weighted by Crippen LogP contribution is -2.34. The highest BCUT2D eigenvalue weighted by Crippen LogP contribution is 2.31. The van der Waals surface area contributed by atoms with Crippen LogP contribution in [0, 0.1) is 6.92 Å². The van der Waals surface area contributed by atoms with Crippen LogP contribution in [0.25, 0.3) is 20.2 Å². The molecule has 0 unspecified atom stereocenters. The number of hydrogen-bond donors (Lipinski definition) is 1. The molecule has 0 aliphatic rings. The fourth-order valence-corrected chi connectivity index (χ4v) is 4.50. The Morgan fingerprint density at radius 3 is 2.56 bits per heavy atom. The van der Waals surface area contributed by atoms with Gasteiger partial charge in [-0.15, -0.1) is 11.3 Å². The third kappa shape index (κ3) is 3.55. The highest BCUT2D eigenvalue weighted by Gasteiger charge is 2.14. The fourth-order valence-electron chi connectivity index (χ4n) is 3.33. The number of likely N-dealkylation sites (N-methyl/N-ethyl adjacent to an activating group) is 1. The van der Waals surface area contributed by atoms with Crippen molar-refractivity contribution in [1.82, 2.24) is 4.90 Å². The van der Waals surface area contributed by atoms with E-state index >= 15 is 0 Å². The molecule has 132 valence electrons. The molecule has 0 saturated carbocycles. The van der Waals surface area contributed by atoms with Crippen LogP contribution in [0.4, 0.5) is 5.69 Å². The molecule has 25 heavy (non-hydrogen) atoms. The number of nitrogens with zero attached hydrogens (tertiary/aromatic N) is 1. The second kappa shape index (κ2) is 7.54. The molecule has 0 bridgehead atoms. The number of anilines is 1. The van der Waals surface area contributed by atoms with E-state index in [9.17, 15) is 4.79 Å². The van der Waals surface area contributed by atoms with Crippen molar-refractivity contribution in [2.75, 3.05) is 25.0 Å². The predicted octanol–water partition coefficient (Wildman–Crippen LogP) is 4.87. The molecular weight excluding hydrogens is 328 g/mol. The summed E-state index contributed by atoms with van der Waals surface area (Å²) in [5.74, 6) is 0. The van der Waals surface area contributed by atoms with E-state index in [2.05, 4.69) is 50.0 Å². The van der Waals surface area contributed by atoms with Crippen molar-refractivity contribution in [3.05, 3.63) is 52.2 Å². The Balaban J connectivity index is 2.08. The van der Waals surface area contributed by atoms with Gasteiger partial charge >= 0.3 is 0 Å². The van der Waals surface area contributed by atoms with Crippen LogP contribution in [0.5, 0.6) is 0 Å². The number of nitrogens with one attached hydrogen (secondary N) is 1. The zero-order valence-electron chi connectivity index (χ0n) is 15.4. The van der Waals surface area contributed by atoms with Gasteiger partial charge in [0.25, 0.3) is 0 Å². The molecule has 0 amide bonds. The van der Waals surface area contributed by atoms with Gasteiger partial charge in [-0.25, -0.2) is 0 Å². The molecule has 1 heterocycles. The largest absolute Gasteiger partial charge is 0.381 e. The molecule has 1 aromatic heterocycles. The number of fused-ring (bicyclic) bond motifs is 2. The summed E-state index contributed by atoms with van der Waals surface area (Å²) in [4.78, 5) is 15.5. The quantitative estimate of drug-likeness (QED) is 0.641. The van der Waals surface area contributed by atoms with Crippen molar-refractivity contribution < 1.29 is 0 Å². The van der Waals surface area contributed by atoms with Gasteiger partial charge in [-0.3, -0.25) is 4.79 Å². The van der Waals surface area contributed by atoms with E-state index in [0.29, 0.717) is 0 Å². The summed E-state index contributed by atoms with van der Waals surface area (Å²) in [6.07, 6.45) is 0. The monoisotopic (exact) mass is 354 g/mol. The molecule has 0 fully saturated rings. The average Bonchev–Trinajstić information content (AvgIpc) is 2.62. The first kappa shape index (κ1) is 17.9. The van der Waals surface area contributed by atoms with Crippen LogP contribution in [0.2, 0.25) is 0 Å². The summed E-state index contributed by atoms with van der Waals surface area (Å²) in [5.41, 5.74) is 2.24. The van der Waals surface area contributed by atoms with Crippen molar-refractivity contribution in [2.45, 2.75) is 33.7 Å². The summed E-state index contributed by atoms with van der Waals surface area (Å²) < 4.78 is 2.14. The van der Waals surface area contributed by atoms with Crippen LogP contribution in [0.3, 0.4) is 0 Å². The normalized spacial score (nSPS) is 12.8. The number of benzene rings is 2. The third-order valence-electron chi connectivity index (χ3n) is 4.75. The number of hydrogen-bond acceptors (Lipinski definition) is 4. The van der Waals surface area contributed by atoms with Gasteiger partial charge in [0, 0.05) is 33.1 Å². The van der Waals surface area contributed by atoms with Gasteiger partial charge in [-0.1, -0.05) is 32.0 Å². The molecule has 3 rings (SSSR count). The van der Waals surface area contributed by atoms with E-state index in [1.807, 2.05) is 24.3 Å². The Morgan fingerprint density at radius 1 is 1.12 bits per heavy atom. The summed E-state index contributed by atoms with van der Waals surface area (Å²) in [5, 5.41) is 5.22. The van der Waals surface area contributed by atoms with Gasteiger partial charge in [0.2, 0.25) is 0 Å². The van der Waals surface area contributed by atoms with E-state index in [1.165, 1.54) is 0 Å². The van der Waals surface area contributed by atoms with E-state index in [-0.39, 0.29) is 11.5 Å². The minimum absolute atomic E-state index is 0.130. The Kier molecular flexibility index (Phi) is 5.40. The Bertz CT molecular complexity index is 944. The van der Waals surface area contributed by atoms with Crippen molar-refractivity contribution >= 4 is 37.2 Å². The molecule has 1 atom stereocenters. The van der Waals surface area contributed by atoms with Gasteiger partial charge in [0.15, 0.2) is 5.43 Å². The fraction of sp³-hybridized carbons (Fsp3) is 0.381. The van der Waals surface area contributed by atoms with Crippen molar-refractivity contribution in [3.63, 3.8) is 0 Å². The maximum Gasteiger partial charge on any atom is 0.197 e. The lowest BCUT2D eigenvalue weighted by atomic mass is 10.1. The molecule has 0 aliphatic heterocycles. The van der Waals surface area contributed by atoms with E-state index in [4.69, 9.17) is 0 Å². The van der Waals surface area contributed by atoms with Crippen LogP contribution in [0.1, 0.15) is 26.3 Å². The van der Waals surface area contributed by atoms with Crippen LogP contribution in [-0.4, -0.2) is 30.6 Å². The standard InChI is InChI=1S/C21H26N2OS/c1-5-23(6-2)13-15(4)22-17-12-11-14(3)21-19(17)20(24)16-9-7-8-10-18(16)25-21/h7-12,15,22H,5-6,13H2,1-4H3/t15-/m0/s1. The van der Waals surface area contributed by atoms with Crippen molar-refractivity contribution in [2.24, 2.45) is 0 Å². The molecule has 2 aromatic carbocycles. The first-order valence-corrected chi connectivity index (χ1v) is 9.80. The van der Waals surface area contributed by atoms with Gasteiger partial charge in [0.05, 0.1) is 5.39 Å². The van der Waals surface area contributed by atoms with E-state index in [1.54, 1.807) is 11.3 Å². The van der Waals surface area contributed by atoms with Gasteiger partial charge in [-0.2, -0.15) is 0 Å². The highest BCUT2D eigenvalue weighted by molar-refractivity contribution is 7.24. The van der Waals surface area contributed by atoms with Gasteiger partial charge in [-0.05, 0) is 50.7 Å². The summed E-state index contributed by atoms with van der Waals surface area (Å²) in [6, 6.07) is 12.3. The first-order valence-electron chi connectivity index (χ1n) is 8.99. The maximum atomic E-state index is 13.1. The molecular formula is C21H26N2OS. The Morgan fingerprint density at radius 2 is 1.84 bits per heavy atom. The third-order valence-corrected chi connectivity index (χ3v) is 6.06. The Labute approximate surface area is 153 Å². The first-order chi connectivity index (χ1) is 12.0. The molecule has 3 nitrogen and oxygen atoms in total. The molecule has 3 aromatic rings. The van der Waals surface area contributed by atoms with Crippen LogP contribution < -0.4 is 10.7 Å². The number of rotatable bonds is 6. The molecule has 0 spiro atoms. The predicted molar refractivity (Wildman–Crippen MR) is 111 cm³/mol. The van der Waals surface area contributed by atoms with Gasteiger partial charge < -0.3 is 10.2 Å².